The molecular formula is C24H33N3O4. The number of amides is 2. The summed E-state index contributed by atoms with van der Waals surface area (Å²) >= 11 is 0. The Morgan fingerprint density at radius 3 is 2.13 bits per heavy atom. The first-order valence-electron chi connectivity index (χ1n) is 10.3. The van der Waals surface area contributed by atoms with E-state index in [2.05, 4.69) is 10.6 Å². The van der Waals surface area contributed by atoms with Gasteiger partial charge < -0.3 is 20.1 Å². The highest BCUT2D eigenvalue weighted by molar-refractivity contribution is 5.94. The minimum atomic E-state index is -0.143. The van der Waals surface area contributed by atoms with Gasteiger partial charge in [-0.1, -0.05) is 23.8 Å². The molecule has 0 atom stereocenters. The van der Waals surface area contributed by atoms with Gasteiger partial charge in [-0.05, 0) is 63.1 Å². The zero-order valence-electron chi connectivity index (χ0n) is 19.3. The van der Waals surface area contributed by atoms with Gasteiger partial charge in [0, 0.05) is 12.2 Å². The summed E-state index contributed by atoms with van der Waals surface area (Å²) in [5, 5.41) is 5.85. The number of likely N-dealkylation sites (N-methyl/N-ethyl adjacent to an activating group) is 1. The largest absolute Gasteiger partial charge is 0.493 e. The van der Waals surface area contributed by atoms with Crippen LogP contribution in [0.2, 0.25) is 0 Å². The molecule has 0 fully saturated rings. The first kappa shape index (κ1) is 24.2. The molecule has 2 rings (SSSR count). The predicted octanol–water partition coefficient (Wildman–Crippen LogP) is 2.86. The number of anilines is 1. The molecule has 0 spiro atoms. The van der Waals surface area contributed by atoms with E-state index in [0.29, 0.717) is 24.5 Å². The van der Waals surface area contributed by atoms with E-state index in [-0.39, 0.29) is 24.9 Å². The van der Waals surface area contributed by atoms with E-state index < -0.39 is 0 Å². The van der Waals surface area contributed by atoms with Crippen LogP contribution < -0.4 is 20.1 Å². The van der Waals surface area contributed by atoms with Crippen molar-refractivity contribution >= 4 is 17.5 Å². The lowest BCUT2D eigenvalue weighted by atomic mass is 10.1. The second-order valence-corrected chi connectivity index (χ2v) is 7.78. The van der Waals surface area contributed by atoms with Crippen LogP contribution in [0.3, 0.4) is 0 Å². The predicted molar refractivity (Wildman–Crippen MR) is 123 cm³/mol. The van der Waals surface area contributed by atoms with E-state index in [1.54, 1.807) is 26.2 Å². The number of carbonyl (C=O) groups is 2. The molecular weight excluding hydrogens is 394 g/mol. The van der Waals surface area contributed by atoms with Crippen LogP contribution in [0.15, 0.2) is 30.3 Å². The topological polar surface area (TPSA) is 79.9 Å². The number of aryl methyl sites for hydroxylation is 3. The maximum Gasteiger partial charge on any atom is 0.238 e. The van der Waals surface area contributed by atoms with E-state index in [4.69, 9.17) is 9.47 Å². The Kier molecular flexibility index (Phi) is 8.88. The van der Waals surface area contributed by atoms with E-state index in [1.807, 2.05) is 51.1 Å². The number of methoxy groups -OCH3 is 2. The van der Waals surface area contributed by atoms with Crippen LogP contribution in [0.4, 0.5) is 5.69 Å². The molecule has 0 aliphatic rings. The summed E-state index contributed by atoms with van der Waals surface area (Å²) in [5.74, 6) is 1.07. The van der Waals surface area contributed by atoms with Gasteiger partial charge in [0.05, 0.1) is 27.3 Å². The number of ether oxygens (including phenoxy) is 2. The van der Waals surface area contributed by atoms with Crippen LogP contribution >= 0.6 is 0 Å². The number of nitrogens with zero attached hydrogens (tertiary/aromatic N) is 1. The molecule has 2 aromatic carbocycles. The smallest absolute Gasteiger partial charge is 0.238 e. The quantitative estimate of drug-likeness (QED) is 0.610. The Balaban J connectivity index is 1.78. The Labute approximate surface area is 184 Å². The molecule has 2 aromatic rings. The fraction of sp³-hybridized carbons (Fsp3) is 0.417. The number of benzene rings is 2. The van der Waals surface area contributed by atoms with Crippen molar-refractivity contribution in [1.29, 1.82) is 0 Å². The third-order valence-electron chi connectivity index (χ3n) is 4.95. The van der Waals surface area contributed by atoms with Crippen LogP contribution in [0.1, 0.15) is 22.3 Å². The SMILES string of the molecule is COc1ccc(CCNC(=O)CN(C)CC(=O)Nc2c(C)cc(C)cc2C)cc1OC. The number of carbonyl (C=O) groups excluding carboxylic acids is 2. The van der Waals surface area contributed by atoms with Crippen molar-refractivity contribution in [1.82, 2.24) is 10.2 Å². The zero-order valence-corrected chi connectivity index (χ0v) is 19.3. The minimum absolute atomic E-state index is 0.126. The molecule has 0 heterocycles. The Morgan fingerprint density at radius 1 is 0.903 bits per heavy atom. The number of hydrogen-bond acceptors (Lipinski definition) is 5. The molecule has 168 valence electrons. The van der Waals surface area contributed by atoms with Crippen molar-refractivity contribution in [3.05, 3.63) is 52.6 Å². The maximum absolute atomic E-state index is 12.4. The summed E-state index contributed by atoms with van der Waals surface area (Å²) in [4.78, 5) is 26.3. The van der Waals surface area contributed by atoms with E-state index in [0.717, 1.165) is 27.9 Å². The molecule has 0 bridgehead atoms. The van der Waals surface area contributed by atoms with Crippen LogP contribution in [-0.2, 0) is 16.0 Å². The van der Waals surface area contributed by atoms with Gasteiger partial charge in [0.15, 0.2) is 11.5 Å². The second kappa shape index (κ2) is 11.4. The molecule has 2 amide bonds. The van der Waals surface area contributed by atoms with Crippen LogP contribution in [0, 0.1) is 20.8 Å². The molecule has 7 nitrogen and oxygen atoms in total. The van der Waals surface area contributed by atoms with Gasteiger partial charge in [0.1, 0.15) is 0 Å². The van der Waals surface area contributed by atoms with Crippen molar-refractivity contribution in [2.45, 2.75) is 27.2 Å². The van der Waals surface area contributed by atoms with Gasteiger partial charge in [-0.2, -0.15) is 0 Å². The summed E-state index contributed by atoms with van der Waals surface area (Å²) in [6.07, 6.45) is 0.669. The van der Waals surface area contributed by atoms with Gasteiger partial charge in [-0.25, -0.2) is 0 Å². The fourth-order valence-electron chi connectivity index (χ4n) is 3.54. The third kappa shape index (κ3) is 7.29. The third-order valence-corrected chi connectivity index (χ3v) is 4.95. The average molecular weight is 428 g/mol. The van der Waals surface area contributed by atoms with Crippen molar-refractivity contribution < 1.29 is 19.1 Å². The molecule has 0 aliphatic heterocycles. The molecule has 0 saturated carbocycles. The molecule has 0 aliphatic carbocycles. The van der Waals surface area contributed by atoms with Crippen molar-refractivity contribution in [2.24, 2.45) is 0 Å². The first-order chi connectivity index (χ1) is 14.7. The molecule has 0 aromatic heterocycles. The van der Waals surface area contributed by atoms with Crippen molar-refractivity contribution in [3.8, 4) is 11.5 Å². The molecule has 7 heteroatoms. The van der Waals surface area contributed by atoms with Crippen molar-refractivity contribution in [3.63, 3.8) is 0 Å². The summed E-state index contributed by atoms with van der Waals surface area (Å²) < 4.78 is 10.5. The van der Waals surface area contributed by atoms with Gasteiger partial charge in [-0.15, -0.1) is 0 Å². The normalized spacial score (nSPS) is 10.7. The highest BCUT2D eigenvalue weighted by Crippen LogP contribution is 2.27. The number of hydrogen-bond donors (Lipinski definition) is 2. The summed E-state index contributed by atoms with van der Waals surface area (Å²) in [6, 6.07) is 9.77. The van der Waals surface area contributed by atoms with Gasteiger partial charge in [0.2, 0.25) is 11.8 Å². The highest BCUT2D eigenvalue weighted by atomic mass is 16.5. The standard InChI is InChI=1S/C24H33N3O4/c1-16-11-17(2)24(18(3)12-16)26-23(29)15-27(4)14-22(28)25-10-9-19-7-8-20(30-5)21(13-19)31-6/h7-8,11-13H,9-10,14-15H2,1-6H3,(H,25,28)(H,26,29). The van der Waals surface area contributed by atoms with Gasteiger partial charge >= 0.3 is 0 Å². The molecule has 0 unspecified atom stereocenters. The highest BCUT2D eigenvalue weighted by Gasteiger charge is 2.13. The molecule has 0 radical (unpaired) electrons. The minimum Gasteiger partial charge on any atom is -0.493 e. The Morgan fingerprint density at radius 2 is 1.52 bits per heavy atom. The van der Waals surface area contributed by atoms with Gasteiger partial charge in [-0.3, -0.25) is 14.5 Å². The zero-order chi connectivity index (χ0) is 23.0. The molecule has 0 saturated heterocycles. The Bertz CT molecular complexity index is 904. The Hall–Kier alpha value is -3.06. The van der Waals surface area contributed by atoms with Crippen LogP contribution in [-0.4, -0.2) is 57.6 Å². The number of rotatable bonds is 10. The van der Waals surface area contributed by atoms with E-state index in [1.165, 1.54) is 0 Å². The molecule has 2 N–H and O–H groups in total. The van der Waals surface area contributed by atoms with E-state index >= 15 is 0 Å². The monoisotopic (exact) mass is 427 g/mol. The van der Waals surface area contributed by atoms with Crippen molar-refractivity contribution in [2.75, 3.05) is 46.2 Å². The van der Waals surface area contributed by atoms with E-state index in [9.17, 15) is 9.59 Å². The molecule has 31 heavy (non-hydrogen) atoms. The summed E-state index contributed by atoms with van der Waals surface area (Å²) in [7, 11) is 4.94. The summed E-state index contributed by atoms with van der Waals surface area (Å²) in [6.45, 7) is 6.76. The lowest BCUT2D eigenvalue weighted by Crippen LogP contribution is -2.39. The first-order valence-corrected chi connectivity index (χ1v) is 10.3. The number of nitrogens with one attached hydrogen (secondary N) is 2. The fourth-order valence-corrected chi connectivity index (χ4v) is 3.54. The summed E-state index contributed by atoms with van der Waals surface area (Å²) in [5.41, 5.74) is 5.09. The van der Waals surface area contributed by atoms with Crippen LogP contribution in [0.25, 0.3) is 0 Å². The van der Waals surface area contributed by atoms with Crippen LogP contribution in [0.5, 0.6) is 11.5 Å². The lowest BCUT2D eigenvalue weighted by Gasteiger charge is -2.18. The maximum atomic E-state index is 12.4. The van der Waals surface area contributed by atoms with Gasteiger partial charge in [0.25, 0.3) is 0 Å². The second-order valence-electron chi connectivity index (χ2n) is 7.78. The average Bonchev–Trinajstić information content (AvgIpc) is 2.70. The lowest BCUT2D eigenvalue weighted by molar-refractivity contribution is -0.122.